The van der Waals surface area contributed by atoms with Gasteiger partial charge < -0.3 is 10.1 Å². The lowest BCUT2D eigenvalue weighted by molar-refractivity contribution is -0.157. The number of nitrogens with zero attached hydrogens (tertiary/aromatic N) is 1. The largest absolute Gasteiger partial charge is 0.497 e. The minimum Gasteiger partial charge on any atom is -0.497 e. The molecule has 1 aromatic rings. The third-order valence-electron chi connectivity index (χ3n) is 2.77. The second-order valence-electron chi connectivity index (χ2n) is 4.13. The van der Waals surface area contributed by atoms with Crippen molar-refractivity contribution in [3.05, 3.63) is 29.8 Å². The zero-order valence-electron chi connectivity index (χ0n) is 10.7. The Bertz CT molecular complexity index is 454. The molecule has 0 radical (unpaired) electrons. The SMILES string of the molecule is COc1cccc([C@H](C)NCC(C#N)C(F)(F)F)c1. The van der Waals surface area contributed by atoms with E-state index in [9.17, 15) is 13.2 Å². The van der Waals surface area contributed by atoms with Gasteiger partial charge in [-0.2, -0.15) is 18.4 Å². The lowest BCUT2D eigenvalue weighted by Crippen LogP contribution is -2.33. The number of methoxy groups -OCH3 is 1. The molecule has 1 unspecified atom stereocenters. The fourth-order valence-corrected chi connectivity index (χ4v) is 1.56. The van der Waals surface area contributed by atoms with Crippen LogP contribution >= 0.6 is 0 Å². The van der Waals surface area contributed by atoms with Gasteiger partial charge in [0.15, 0.2) is 5.92 Å². The Morgan fingerprint density at radius 3 is 2.63 bits per heavy atom. The van der Waals surface area contributed by atoms with Crippen molar-refractivity contribution in [2.75, 3.05) is 13.7 Å². The molecule has 0 fully saturated rings. The Morgan fingerprint density at radius 1 is 1.42 bits per heavy atom. The highest BCUT2D eigenvalue weighted by atomic mass is 19.4. The summed E-state index contributed by atoms with van der Waals surface area (Å²) in [6.07, 6.45) is -4.50. The molecule has 1 aromatic carbocycles. The van der Waals surface area contributed by atoms with E-state index in [4.69, 9.17) is 10.00 Å². The van der Waals surface area contributed by atoms with Crippen LogP contribution in [-0.2, 0) is 0 Å². The van der Waals surface area contributed by atoms with Crippen LogP contribution in [0.5, 0.6) is 5.75 Å². The van der Waals surface area contributed by atoms with Gasteiger partial charge in [0, 0.05) is 12.6 Å². The summed E-state index contributed by atoms with van der Waals surface area (Å²) >= 11 is 0. The molecule has 0 aliphatic heterocycles. The minimum atomic E-state index is -4.50. The molecule has 0 amide bonds. The number of halogens is 3. The van der Waals surface area contributed by atoms with Crippen molar-refractivity contribution >= 4 is 0 Å². The molecule has 0 aliphatic rings. The maximum Gasteiger partial charge on any atom is 0.405 e. The van der Waals surface area contributed by atoms with Crippen LogP contribution in [0, 0.1) is 17.2 Å². The molecule has 6 heteroatoms. The monoisotopic (exact) mass is 272 g/mol. The first kappa shape index (κ1) is 15.3. The number of benzene rings is 1. The van der Waals surface area contributed by atoms with Gasteiger partial charge in [-0.1, -0.05) is 12.1 Å². The van der Waals surface area contributed by atoms with E-state index < -0.39 is 18.6 Å². The van der Waals surface area contributed by atoms with Crippen LogP contribution in [0.2, 0.25) is 0 Å². The van der Waals surface area contributed by atoms with E-state index in [0.29, 0.717) is 5.75 Å². The Hall–Kier alpha value is -1.74. The Morgan fingerprint density at radius 2 is 2.11 bits per heavy atom. The van der Waals surface area contributed by atoms with Crippen LogP contribution < -0.4 is 10.1 Å². The number of alkyl halides is 3. The molecule has 0 bridgehead atoms. The summed E-state index contributed by atoms with van der Waals surface area (Å²) < 4.78 is 42.3. The Kier molecular flexibility index (Phi) is 5.19. The quantitative estimate of drug-likeness (QED) is 0.896. The summed E-state index contributed by atoms with van der Waals surface area (Å²) in [5, 5.41) is 11.2. The van der Waals surface area contributed by atoms with Gasteiger partial charge in [-0.25, -0.2) is 0 Å². The van der Waals surface area contributed by atoms with E-state index in [1.54, 1.807) is 31.2 Å². The fourth-order valence-electron chi connectivity index (χ4n) is 1.56. The minimum absolute atomic E-state index is 0.298. The van der Waals surface area contributed by atoms with E-state index in [2.05, 4.69) is 5.32 Å². The molecule has 104 valence electrons. The zero-order valence-corrected chi connectivity index (χ0v) is 10.7. The molecule has 0 saturated heterocycles. The van der Waals surface area contributed by atoms with Crippen LogP contribution in [0.15, 0.2) is 24.3 Å². The van der Waals surface area contributed by atoms with E-state index in [1.807, 2.05) is 0 Å². The van der Waals surface area contributed by atoms with Crippen molar-refractivity contribution in [3.63, 3.8) is 0 Å². The molecule has 3 nitrogen and oxygen atoms in total. The number of ether oxygens (including phenoxy) is 1. The highest BCUT2D eigenvalue weighted by Gasteiger charge is 2.39. The normalized spacial score (nSPS) is 14.5. The van der Waals surface area contributed by atoms with Gasteiger partial charge in [0.05, 0.1) is 13.2 Å². The Balaban J connectivity index is 2.65. The number of nitrogens with one attached hydrogen (secondary N) is 1. The third-order valence-corrected chi connectivity index (χ3v) is 2.77. The molecule has 0 aliphatic carbocycles. The predicted octanol–water partition coefficient (Wildman–Crippen LogP) is 3.05. The van der Waals surface area contributed by atoms with Crippen molar-refractivity contribution in [2.24, 2.45) is 5.92 Å². The summed E-state index contributed by atoms with van der Waals surface area (Å²) in [5.74, 6) is -1.36. The second kappa shape index (κ2) is 6.43. The van der Waals surface area contributed by atoms with Crippen LogP contribution in [0.4, 0.5) is 13.2 Å². The van der Waals surface area contributed by atoms with Crippen LogP contribution in [0.25, 0.3) is 0 Å². The van der Waals surface area contributed by atoms with Gasteiger partial charge in [-0.3, -0.25) is 0 Å². The summed E-state index contributed by atoms with van der Waals surface area (Å²) in [6, 6.07) is 8.01. The molecule has 0 saturated carbocycles. The molecule has 2 atom stereocenters. The van der Waals surface area contributed by atoms with Gasteiger partial charge in [0.1, 0.15) is 5.75 Å². The average Bonchev–Trinajstić information content (AvgIpc) is 2.37. The third kappa shape index (κ3) is 4.45. The topological polar surface area (TPSA) is 45.0 Å². The van der Waals surface area contributed by atoms with E-state index in [0.717, 1.165) is 5.56 Å². The lowest BCUT2D eigenvalue weighted by Gasteiger charge is -2.18. The molecular weight excluding hydrogens is 257 g/mol. The van der Waals surface area contributed by atoms with Crippen LogP contribution in [0.1, 0.15) is 18.5 Å². The summed E-state index contributed by atoms with van der Waals surface area (Å²) in [7, 11) is 1.52. The van der Waals surface area contributed by atoms with Gasteiger partial charge in [0.2, 0.25) is 0 Å². The first-order valence-electron chi connectivity index (χ1n) is 5.72. The number of rotatable bonds is 5. The van der Waals surface area contributed by atoms with E-state index in [1.165, 1.54) is 13.2 Å². The molecular formula is C13H15F3N2O. The predicted molar refractivity (Wildman–Crippen MR) is 64.6 cm³/mol. The molecule has 0 spiro atoms. The highest BCUT2D eigenvalue weighted by Crippen LogP contribution is 2.26. The molecule has 19 heavy (non-hydrogen) atoms. The lowest BCUT2D eigenvalue weighted by atomic mass is 10.1. The summed E-state index contributed by atoms with van der Waals surface area (Å²) in [5.41, 5.74) is 0.804. The summed E-state index contributed by atoms with van der Waals surface area (Å²) in [6.45, 7) is 1.30. The van der Waals surface area contributed by atoms with Gasteiger partial charge in [0.25, 0.3) is 0 Å². The number of hydrogen-bond acceptors (Lipinski definition) is 3. The van der Waals surface area contributed by atoms with Crippen LogP contribution in [0.3, 0.4) is 0 Å². The summed E-state index contributed by atoms with van der Waals surface area (Å²) in [4.78, 5) is 0. The standard InChI is InChI=1S/C13H15F3N2O/c1-9(10-4-3-5-12(6-10)19-2)18-8-11(7-17)13(14,15)16/h3-6,9,11,18H,8H2,1-2H3/t9-,11?/m0/s1. The van der Waals surface area contributed by atoms with Crippen molar-refractivity contribution in [2.45, 2.75) is 19.1 Å². The first-order chi connectivity index (χ1) is 8.88. The van der Waals surface area contributed by atoms with E-state index >= 15 is 0 Å². The van der Waals surface area contributed by atoms with Crippen molar-refractivity contribution in [1.29, 1.82) is 5.26 Å². The number of nitriles is 1. The first-order valence-corrected chi connectivity index (χ1v) is 5.72. The smallest absolute Gasteiger partial charge is 0.405 e. The van der Waals surface area contributed by atoms with Gasteiger partial charge in [-0.05, 0) is 24.6 Å². The van der Waals surface area contributed by atoms with E-state index in [-0.39, 0.29) is 6.04 Å². The van der Waals surface area contributed by atoms with Crippen LogP contribution in [-0.4, -0.2) is 19.8 Å². The fraction of sp³-hybridized carbons (Fsp3) is 0.462. The van der Waals surface area contributed by atoms with Gasteiger partial charge in [-0.15, -0.1) is 0 Å². The maximum atomic E-state index is 12.4. The highest BCUT2D eigenvalue weighted by molar-refractivity contribution is 5.30. The van der Waals surface area contributed by atoms with Crippen molar-refractivity contribution in [1.82, 2.24) is 5.32 Å². The molecule has 1 rings (SSSR count). The van der Waals surface area contributed by atoms with Crippen molar-refractivity contribution in [3.8, 4) is 11.8 Å². The molecule has 1 N–H and O–H groups in total. The second-order valence-corrected chi connectivity index (χ2v) is 4.13. The zero-order chi connectivity index (χ0) is 14.5. The van der Waals surface area contributed by atoms with Crippen molar-refractivity contribution < 1.29 is 17.9 Å². The Labute approximate surface area is 110 Å². The van der Waals surface area contributed by atoms with Gasteiger partial charge >= 0.3 is 6.18 Å². The maximum absolute atomic E-state index is 12.4. The number of hydrogen-bond donors (Lipinski definition) is 1. The molecule has 0 aromatic heterocycles. The molecule has 0 heterocycles. The average molecular weight is 272 g/mol.